The first-order chi connectivity index (χ1) is 14.2. The number of benzene rings is 2. The lowest BCUT2D eigenvalue weighted by Gasteiger charge is -2.47. The minimum absolute atomic E-state index is 0.290. The summed E-state index contributed by atoms with van der Waals surface area (Å²) in [6.07, 6.45) is 6.22. The van der Waals surface area contributed by atoms with Crippen LogP contribution in [0.5, 0.6) is 0 Å². The van der Waals surface area contributed by atoms with Gasteiger partial charge in [-0.3, -0.25) is 0 Å². The first kappa shape index (κ1) is 18.5. The van der Waals surface area contributed by atoms with Crippen molar-refractivity contribution < 1.29 is 14.6 Å². The molecule has 2 N–H and O–H groups in total. The SMILES string of the molecule is C=C[C@H]1C[NH+]2CC[C@@H]1C[C@@H]2[C@H](O)c1cc[n+](Cc2ccccc2)c2ccccc12. The molecule has 0 radical (unpaired) electrons. The van der Waals surface area contributed by atoms with Crippen LogP contribution in [0.1, 0.15) is 30.1 Å². The highest BCUT2D eigenvalue weighted by atomic mass is 16.3. The van der Waals surface area contributed by atoms with Gasteiger partial charge in [0.25, 0.3) is 0 Å². The second-order valence-corrected chi connectivity index (χ2v) is 8.75. The van der Waals surface area contributed by atoms with Gasteiger partial charge in [-0.2, -0.15) is 4.57 Å². The molecule has 3 aromatic rings. The fourth-order valence-electron chi connectivity index (χ4n) is 5.61. The summed E-state index contributed by atoms with van der Waals surface area (Å²) in [5.41, 5.74) is 3.54. The van der Waals surface area contributed by atoms with Crippen molar-refractivity contribution in [2.24, 2.45) is 11.8 Å². The average Bonchev–Trinajstić information content (AvgIpc) is 2.79. The standard InChI is InChI=1S/C26H29N2O/c1-2-20-18-28-14-12-21(20)16-25(28)26(29)23-13-15-27(17-19-8-4-3-5-9-19)24-11-7-6-10-22(23)24/h2-11,13,15,20-21,25-26,29H,1,12,14,16-18H2/q+1/p+1/t20-,21+,25+,26+/m0/s1. The summed E-state index contributed by atoms with van der Waals surface area (Å²) in [6, 6.07) is 21.5. The van der Waals surface area contributed by atoms with E-state index in [1.807, 2.05) is 0 Å². The third-order valence-corrected chi connectivity index (χ3v) is 7.18. The Balaban J connectivity index is 1.48. The summed E-state index contributed by atoms with van der Waals surface area (Å²) >= 11 is 0. The molecule has 3 nitrogen and oxygen atoms in total. The molecule has 4 heterocycles. The number of hydrogen-bond acceptors (Lipinski definition) is 1. The maximum absolute atomic E-state index is 11.4. The number of aliphatic hydroxyl groups excluding tert-OH is 1. The second-order valence-electron chi connectivity index (χ2n) is 8.75. The Bertz CT molecular complexity index is 1020. The number of nitrogens with zero attached hydrogens (tertiary/aromatic N) is 1. The van der Waals surface area contributed by atoms with Gasteiger partial charge in [0.15, 0.2) is 12.7 Å². The zero-order chi connectivity index (χ0) is 19.8. The van der Waals surface area contributed by atoms with Crippen LogP contribution in [0, 0.1) is 11.8 Å². The average molecular weight is 387 g/mol. The lowest BCUT2D eigenvalue weighted by atomic mass is 9.73. The van der Waals surface area contributed by atoms with Gasteiger partial charge in [0.05, 0.1) is 18.5 Å². The molecule has 0 saturated carbocycles. The van der Waals surface area contributed by atoms with Crippen molar-refractivity contribution in [3.8, 4) is 0 Å². The van der Waals surface area contributed by atoms with Crippen molar-refractivity contribution in [3.05, 3.63) is 90.6 Å². The molecule has 6 rings (SSSR count). The van der Waals surface area contributed by atoms with Crippen molar-refractivity contribution in [1.82, 2.24) is 0 Å². The highest BCUT2D eigenvalue weighted by Gasteiger charge is 2.46. The minimum atomic E-state index is -0.421. The summed E-state index contributed by atoms with van der Waals surface area (Å²) in [4.78, 5) is 1.55. The van der Waals surface area contributed by atoms with Gasteiger partial charge in [-0.1, -0.05) is 48.5 Å². The van der Waals surface area contributed by atoms with Gasteiger partial charge in [0, 0.05) is 42.0 Å². The van der Waals surface area contributed by atoms with Gasteiger partial charge >= 0.3 is 0 Å². The molecule has 3 aliphatic heterocycles. The second kappa shape index (κ2) is 7.74. The quantitative estimate of drug-likeness (QED) is 0.512. The van der Waals surface area contributed by atoms with Crippen molar-refractivity contribution in [3.63, 3.8) is 0 Å². The summed E-state index contributed by atoms with van der Waals surface area (Å²) in [5, 5.41) is 12.6. The van der Waals surface area contributed by atoms with Gasteiger partial charge in [-0.15, -0.1) is 6.58 Å². The predicted molar refractivity (Wildman–Crippen MR) is 116 cm³/mol. The summed E-state index contributed by atoms with van der Waals surface area (Å²) in [7, 11) is 0. The van der Waals surface area contributed by atoms with E-state index in [9.17, 15) is 5.11 Å². The number of fused-ring (bicyclic) bond motifs is 4. The van der Waals surface area contributed by atoms with Crippen LogP contribution in [-0.4, -0.2) is 24.2 Å². The van der Waals surface area contributed by atoms with Crippen LogP contribution in [-0.2, 0) is 6.54 Å². The van der Waals surface area contributed by atoms with Crippen LogP contribution in [0.4, 0.5) is 0 Å². The fraction of sp³-hybridized carbons (Fsp3) is 0.346. The highest BCUT2D eigenvalue weighted by Crippen LogP contribution is 2.33. The summed E-state index contributed by atoms with van der Waals surface area (Å²) in [5.74, 6) is 1.30. The molecule has 1 unspecified atom stereocenters. The Hall–Kier alpha value is -2.49. The molecule has 0 spiro atoms. The Morgan fingerprint density at radius 1 is 1.10 bits per heavy atom. The van der Waals surface area contributed by atoms with Crippen LogP contribution in [0.25, 0.3) is 10.9 Å². The van der Waals surface area contributed by atoms with Crippen LogP contribution in [0.15, 0.2) is 79.5 Å². The molecule has 2 aromatic carbocycles. The molecule has 5 atom stereocenters. The first-order valence-electron chi connectivity index (χ1n) is 10.8. The normalized spacial score (nSPS) is 27.1. The third kappa shape index (κ3) is 3.39. The van der Waals surface area contributed by atoms with Gasteiger partial charge in [-0.05, 0) is 12.0 Å². The number of pyridine rings is 1. The number of para-hydroxylation sites is 1. The van der Waals surface area contributed by atoms with E-state index in [2.05, 4.69) is 84.1 Å². The Labute approximate surface area is 172 Å². The van der Waals surface area contributed by atoms with E-state index >= 15 is 0 Å². The number of quaternary nitrogens is 1. The van der Waals surface area contributed by atoms with Crippen molar-refractivity contribution in [2.75, 3.05) is 13.1 Å². The lowest BCUT2D eigenvalue weighted by molar-refractivity contribution is -0.949. The molecule has 3 fully saturated rings. The molecule has 148 valence electrons. The number of hydrogen-bond donors (Lipinski definition) is 2. The summed E-state index contributed by atoms with van der Waals surface area (Å²) in [6.45, 7) is 7.17. The number of rotatable bonds is 5. The molecular weight excluding hydrogens is 356 g/mol. The number of nitrogens with one attached hydrogen (secondary N) is 1. The maximum Gasteiger partial charge on any atom is 0.213 e. The van der Waals surface area contributed by atoms with Crippen molar-refractivity contribution in [2.45, 2.75) is 31.5 Å². The molecule has 1 aromatic heterocycles. The van der Waals surface area contributed by atoms with Crippen LogP contribution < -0.4 is 9.47 Å². The molecule has 3 saturated heterocycles. The van der Waals surface area contributed by atoms with Crippen molar-refractivity contribution >= 4 is 10.9 Å². The van der Waals surface area contributed by atoms with E-state index in [0.717, 1.165) is 25.1 Å². The molecule has 0 aliphatic carbocycles. The van der Waals surface area contributed by atoms with E-state index in [1.54, 1.807) is 4.90 Å². The highest BCUT2D eigenvalue weighted by molar-refractivity contribution is 5.79. The number of piperidine rings is 3. The van der Waals surface area contributed by atoms with E-state index in [-0.39, 0.29) is 0 Å². The Kier molecular flexibility index (Phi) is 4.94. The number of aromatic nitrogens is 1. The van der Waals surface area contributed by atoms with E-state index < -0.39 is 6.10 Å². The van der Waals surface area contributed by atoms with E-state index in [0.29, 0.717) is 17.9 Å². The van der Waals surface area contributed by atoms with Crippen LogP contribution in [0.3, 0.4) is 0 Å². The zero-order valence-corrected chi connectivity index (χ0v) is 16.9. The molecule has 2 bridgehead atoms. The molecule has 3 aliphatic rings. The summed E-state index contributed by atoms with van der Waals surface area (Å²) < 4.78 is 2.29. The Morgan fingerprint density at radius 3 is 2.66 bits per heavy atom. The van der Waals surface area contributed by atoms with Gasteiger partial charge in [-0.25, -0.2) is 0 Å². The lowest BCUT2D eigenvalue weighted by Crippen LogP contribution is -3.20. The van der Waals surface area contributed by atoms with Crippen LogP contribution in [0.2, 0.25) is 0 Å². The number of aliphatic hydroxyl groups is 1. The smallest absolute Gasteiger partial charge is 0.213 e. The predicted octanol–water partition coefficient (Wildman–Crippen LogP) is 2.69. The van der Waals surface area contributed by atoms with Crippen LogP contribution >= 0.6 is 0 Å². The topological polar surface area (TPSA) is 28.6 Å². The van der Waals surface area contributed by atoms with E-state index in [4.69, 9.17) is 0 Å². The maximum atomic E-state index is 11.4. The molecular formula is C26H30N2O+2. The fourth-order valence-corrected chi connectivity index (χ4v) is 5.61. The van der Waals surface area contributed by atoms with Crippen molar-refractivity contribution in [1.29, 1.82) is 0 Å². The van der Waals surface area contributed by atoms with Gasteiger partial charge in [0.1, 0.15) is 12.1 Å². The first-order valence-corrected chi connectivity index (χ1v) is 10.8. The molecule has 3 heteroatoms. The van der Waals surface area contributed by atoms with E-state index in [1.165, 1.54) is 29.4 Å². The monoisotopic (exact) mass is 386 g/mol. The van der Waals surface area contributed by atoms with Gasteiger partial charge in [0.2, 0.25) is 5.52 Å². The largest absolute Gasteiger partial charge is 0.382 e. The third-order valence-electron chi connectivity index (χ3n) is 7.18. The molecule has 29 heavy (non-hydrogen) atoms. The van der Waals surface area contributed by atoms with Gasteiger partial charge < -0.3 is 10.0 Å². The molecule has 0 amide bonds. The zero-order valence-electron chi connectivity index (χ0n) is 16.9. The Morgan fingerprint density at radius 2 is 1.90 bits per heavy atom. The minimum Gasteiger partial charge on any atom is -0.382 e.